The third-order valence-corrected chi connectivity index (χ3v) is 12.0. The molecule has 0 aliphatic heterocycles. The molecule has 0 N–H and O–H groups in total. The highest BCUT2D eigenvalue weighted by molar-refractivity contribution is 7.25. The average molecular weight is 721 g/mol. The molecule has 4 heterocycles. The summed E-state index contributed by atoms with van der Waals surface area (Å²) >= 11 is 1.79. The molecule has 0 aliphatic carbocycles. The molecule has 0 spiro atoms. The van der Waals surface area contributed by atoms with Crippen molar-refractivity contribution in [3.63, 3.8) is 0 Å². The topological polar surface area (TPSA) is 56.7 Å². The summed E-state index contributed by atoms with van der Waals surface area (Å²) in [5, 5.41) is 9.16. The zero-order valence-corrected chi connectivity index (χ0v) is 30.1. The van der Waals surface area contributed by atoms with Gasteiger partial charge < -0.3 is 8.98 Å². The maximum absolute atomic E-state index is 6.89. The average Bonchev–Trinajstić information content (AvgIpc) is 3.92. The molecule has 55 heavy (non-hydrogen) atoms. The summed E-state index contributed by atoms with van der Waals surface area (Å²) in [6.45, 7) is 0. The van der Waals surface area contributed by atoms with Crippen LogP contribution in [0.4, 0.5) is 0 Å². The van der Waals surface area contributed by atoms with Gasteiger partial charge in [-0.15, -0.1) is 11.3 Å². The molecule has 8 aromatic carbocycles. The third kappa shape index (κ3) is 4.55. The van der Waals surface area contributed by atoms with E-state index < -0.39 is 0 Å². The van der Waals surface area contributed by atoms with E-state index in [4.69, 9.17) is 19.4 Å². The number of hydrogen-bond acceptors (Lipinski definition) is 5. The van der Waals surface area contributed by atoms with Gasteiger partial charge in [0.15, 0.2) is 23.1 Å². The van der Waals surface area contributed by atoms with Crippen molar-refractivity contribution in [2.75, 3.05) is 0 Å². The zero-order chi connectivity index (χ0) is 36.0. The Labute approximate surface area is 318 Å². The summed E-state index contributed by atoms with van der Waals surface area (Å²) in [5.41, 5.74) is 7.42. The number of nitrogens with zero attached hydrogens (tertiary/aromatic N) is 4. The smallest absolute Gasteiger partial charge is 0.166 e. The van der Waals surface area contributed by atoms with Gasteiger partial charge in [0.25, 0.3) is 0 Å². The molecular weight excluding hydrogens is 693 g/mol. The van der Waals surface area contributed by atoms with Gasteiger partial charge in [-0.3, -0.25) is 0 Å². The second-order valence-corrected chi connectivity index (χ2v) is 15.0. The number of rotatable bonds is 4. The molecule has 0 amide bonds. The second kappa shape index (κ2) is 11.7. The van der Waals surface area contributed by atoms with Gasteiger partial charge in [0.1, 0.15) is 11.3 Å². The zero-order valence-electron chi connectivity index (χ0n) is 29.3. The Morgan fingerprint density at radius 3 is 1.98 bits per heavy atom. The van der Waals surface area contributed by atoms with Gasteiger partial charge in [0, 0.05) is 58.4 Å². The highest BCUT2D eigenvalue weighted by Gasteiger charge is 2.25. The van der Waals surface area contributed by atoms with Gasteiger partial charge >= 0.3 is 0 Å². The summed E-state index contributed by atoms with van der Waals surface area (Å²) in [6.07, 6.45) is 0. The van der Waals surface area contributed by atoms with Crippen LogP contribution in [0.15, 0.2) is 174 Å². The summed E-state index contributed by atoms with van der Waals surface area (Å²) in [4.78, 5) is 15.9. The number of benzene rings is 8. The molecule has 0 fully saturated rings. The van der Waals surface area contributed by atoms with Gasteiger partial charge in [-0.1, -0.05) is 121 Å². The van der Waals surface area contributed by atoms with E-state index in [-0.39, 0.29) is 0 Å². The van der Waals surface area contributed by atoms with Crippen LogP contribution in [0, 0.1) is 0 Å². The van der Waals surface area contributed by atoms with Crippen LogP contribution in [-0.4, -0.2) is 19.5 Å². The highest BCUT2D eigenvalue weighted by Crippen LogP contribution is 2.44. The van der Waals surface area contributed by atoms with Gasteiger partial charge in [0.2, 0.25) is 0 Å². The minimum absolute atomic E-state index is 0.574. The van der Waals surface area contributed by atoms with Crippen LogP contribution in [0.2, 0.25) is 0 Å². The van der Waals surface area contributed by atoms with E-state index in [1.54, 1.807) is 11.3 Å². The Morgan fingerprint density at radius 1 is 0.436 bits per heavy atom. The van der Waals surface area contributed by atoms with E-state index in [9.17, 15) is 0 Å². The molecule has 12 aromatic rings. The van der Waals surface area contributed by atoms with E-state index in [1.807, 2.05) is 30.3 Å². The Morgan fingerprint density at radius 2 is 1.11 bits per heavy atom. The van der Waals surface area contributed by atoms with Crippen LogP contribution in [-0.2, 0) is 0 Å². The molecule has 0 bridgehead atoms. The van der Waals surface area contributed by atoms with Gasteiger partial charge in [0.05, 0.1) is 11.0 Å². The summed E-state index contributed by atoms with van der Waals surface area (Å²) in [7, 11) is 0. The highest BCUT2D eigenvalue weighted by atomic mass is 32.1. The standard InChI is InChI=1S/C49H28N4OS/c1-2-13-29(14-3-1)47-50-48(36-20-12-24-43-44(36)35-19-8-11-23-42(35)55-43)52-49(51-47)37-26-25-34-33-18-7-10-22-41(33)54-46(34)45(37)53-39-21-9-6-17-32(39)38-27-30-15-4-5-16-31(30)28-40(38)53/h1-28H. The van der Waals surface area contributed by atoms with Crippen LogP contribution in [0.1, 0.15) is 0 Å². The van der Waals surface area contributed by atoms with Crippen molar-refractivity contribution in [3.05, 3.63) is 170 Å². The number of hydrogen-bond donors (Lipinski definition) is 0. The maximum atomic E-state index is 6.89. The SMILES string of the molecule is c1ccc(-c2nc(-c3ccc4c(oc5ccccc54)c3-n3c4ccccc4c4cc5ccccc5cc43)nc(-c3cccc4sc5ccccc5c34)n2)cc1. The van der Waals surface area contributed by atoms with Crippen LogP contribution in [0.25, 0.3) is 115 Å². The second-order valence-electron chi connectivity index (χ2n) is 14.0. The first-order valence-corrected chi connectivity index (χ1v) is 19.2. The molecule has 0 saturated carbocycles. The molecule has 0 radical (unpaired) electrons. The largest absolute Gasteiger partial charge is 0.454 e. The van der Waals surface area contributed by atoms with E-state index in [0.717, 1.165) is 60.7 Å². The van der Waals surface area contributed by atoms with Crippen LogP contribution >= 0.6 is 11.3 Å². The van der Waals surface area contributed by atoms with E-state index >= 15 is 0 Å². The van der Waals surface area contributed by atoms with E-state index in [2.05, 4.69) is 144 Å². The lowest BCUT2D eigenvalue weighted by molar-refractivity contribution is 0.666. The lowest BCUT2D eigenvalue weighted by Gasteiger charge is -2.15. The fraction of sp³-hybridized carbons (Fsp3) is 0. The first-order chi connectivity index (χ1) is 27.3. The van der Waals surface area contributed by atoms with Crippen molar-refractivity contribution in [3.8, 4) is 39.9 Å². The summed E-state index contributed by atoms with van der Waals surface area (Å²) in [5.74, 6) is 1.81. The predicted molar refractivity (Wildman–Crippen MR) is 228 cm³/mol. The normalized spacial score (nSPS) is 12.0. The Bertz CT molecular complexity index is 3500. The van der Waals surface area contributed by atoms with Crippen molar-refractivity contribution in [2.24, 2.45) is 0 Å². The molecule has 5 nitrogen and oxygen atoms in total. The molecule has 12 rings (SSSR count). The lowest BCUT2D eigenvalue weighted by atomic mass is 10.0. The molecule has 4 aromatic heterocycles. The van der Waals surface area contributed by atoms with Gasteiger partial charge in [-0.05, 0) is 59.3 Å². The number of para-hydroxylation sites is 2. The van der Waals surface area contributed by atoms with Crippen LogP contribution in [0.5, 0.6) is 0 Å². The number of fused-ring (bicyclic) bond motifs is 10. The number of aromatic nitrogens is 4. The predicted octanol–water partition coefficient (Wildman–Crippen LogP) is 13.4. The summed E-state index contributed by atoms with van der Waals surface area (Å²) in [6, 6.07) is 59.6. The van der Waals surface area contributed by atoms with Crippen LogP contribution < -0.4 is 0 Å². The molecule has 256 valence electrons. The van der Waals surface area contributed by atoms with Gasteiger partial charge in [-0.2, -0.15) is 0 Å². The molecule has 0 aliphatic rings. The quantitative estimate of drug-likeness (QED) is 0.182. The fourth-order valence-corrected chi connectivity index (χ4v) is 9.50. The Hall–Kier alpha value is -7.15. The van der Waals surface area contributed by atoms with Crippen molar-refractivity contribution >= 4 is 86.0 Å². The first kappa shape index (κ1) is 30.3. The fourth-order valence-electron chi connectivity index (χ4n) is 8.37. The van der Waals surface area contributed by atoms with Crippen LogP contribution in [0.3, 0.4) is 0 Å². The Balaban J connectivity index is 1.23. The molecule has 0 saturated heterocycles. The number of furan rings is 1. The van der Waals surface area contributed by atoms with Crippen molar-refractivity contribution in [1.29, 1.82) is 0 Å². The molecule has 6 heteroatoms. The number of thiophene rings is 1. The van der Waals surface area contributed by atoms with Crippen molar-refractivity contribution in [2.45, 2.75) is 0 Å². The minimum Gasteiger partial charge on any atom is -0.454 e. The third-order valence-electron chi connectivity index (χ3n) is 10.8. The summed E-state index contributed by atoms with van der Waals surface area (Å²) < 4.78 is 11.7. The van der Waals surface area contributed by atoms with Crippen molar-refractivity contribution in [1.82, 2.24) is 19.5 Å². The maximum Gasteiger partial charge on any atom is 0.166 e. The molecular formula is C49H28N4OS. The molecule has 0 unspecified atom stereocenters. The van der Waals surface area contributed by atoms with Gasteiger partial charge in [-0.25, -0.2) is 15.0 Å². The van der Waals surface area contributed by atoms with E-state index in [0.29, 0.717) is 17.5 Å². The molecule has 0 atom stereocenters. The van der Waals surface area contributed by atoms with Crippen molar-refractivity contribution < 1.29 is 4.42 Å². The Kier molecular flexibility index (Phi) is 6.44. The van der Waals surface area contributed by atoms with E-state index in [1.165, 1.54) is 36.3 Å². The minimum atomic E-state index is 0.574. The lowest BCUT2D eigenvalue weighted by Crippen LogP contribution is -2.04. The monoisotopic (exact) mass is 720 g/mol. The first-order valence-electron chi connectivity index (χ1n) is 18.4.